The predicted molar refractivity (Wildman–Crippen MR) is 59.6 cm³/mol. The summed E-state index contributed by atoms with van der Waals surface area (Å²) >= 11 is 0. The van der Waals surface area contributed by atoms with Gasteiger partial charge in [-0.2, -0.15) is 0 Å². The maximum Gasteiger partial charge on any atom is 0.276 e. The fourth-order valence-corrected chi connectivity index (χ4v) is 2.14. The summed E-state index contributed by atoms with van der Waals surface area (Å²) in [5, 5.41) is 13.7. The van der Waals surface area contributed by atoms with E-state index in [1.807, 2.05) is 6.92 Å². The Labute approximate surface area is 99.4 Å². The van der Waals surface area contributed by atoms with Crippen molar-refractivity contribution in [3.8, 4) is 0 Å². The van der Waals surface area contributed by atoms with Crippen molar-refractivity contribution in [3.05, 3.63) is 17.5 Å². The maximum absolute atomic E-state index is 12.0. The molecule has 1 N–H and O–H groups in total. The number of carbonyl (C=O) groups excluding carboxylic acids is 1. The lowest BCUT2D eigenvalue weighted by atomic mass is 9.91. The van der Waals surface area contributed by atoms with Gasteiger partial charge in [0.25, 0.3) is 5.91 Å². The molecule has 1 saturated carbocycles. The van der Waals surface area contributed by atoms with Crippen LogP contribution in [0.1, 0.15) is 48.4 Å². The molecule has 0 aromatic carbocycles. The number of likely N-dealkylation sites (tertiary alicyclic amines) is 1. The monoisotopic (exact) mass is 236 g/mol. The molecular weight excluding hydrogens is 220 g/mol. The highest BCUT2D eigenvalue weighted by Crippen LogP contribution is 2.40. The van der Waals surface area contributed by atoms with Gasteiger partial charge in [-0.05, 0) is 19.3 Å². The largest absolute Gasteiger partial charge is 0.386 e. The number of carbonyl (C=O) groups is 1. The summed E-state index contributed by atoms with van der Waals surface area (Å²) in [5.41, 5.74) is -0.330. The van der Waals surface area contributed by atoms with Crippen molar-refractivity contribution in [3.63, 3.8) is 0 Å². The van der Waals surface area contributed by atoms with Crippen molar-refractivity contribution in [1.29, 1.82) is 0 Å². The Morgan fingerprint density at radius 3 is 2.94 bits per heavy atom. The third kappa shape index (κ3) is 1.84. The van der Waals surface area contributed by atoms with E-state index >= 15 is 0 Å². The lowest BCUT2D eigenvalue weighted by Gasteiger charge is -2.45. The van der Waals surface area contributed by atoms with E-state index in [0.29, 0.717) is 31.1 Å². The molecule has 0 spiro atoms. The summed E-state index contributed by atoms with van der Waals surface area (Å²) in [4.78, 5) is 13.6. The van der Waals surface area contributed by atoms with Gasteiger partial charge in [-0.3, -0.25) is 4.79 Å². The van der Waals surface area contributed by atoms with Gasteiger partial charge in [0.05, 0.1) is 18.7 Å². The van der Waals surface area contributed by atoms with E-state index in [9.17, 15) is 9.90 Å². The third-order valence-corrected chi connectivity index (χ3v) is 3.64. The summed E-state index contributed by atoms with van der Waals surface area (Å²) in [6.07, 6.45) is 2.92. The lowest BCUT2D eigenvalue weighted by Crippen LogP contribution is -2.63. The molecule has 0 bridgehead atoms. The van der Waals surface area contributed by atoms with E-state index in [1.54, 1.807) is 11.0 Å². The Bertz CT molecular complexity index is 444. The summed E-state index contributed by atoms with van der Waals surface area (Å²) in [6, 6.07) is 1.74. The van der Waals surface area contributed by atoms with Crippen molar-refractivity contribution in [1.82, 2.24) is 10.1 Å². The number of amides is 1. The van der Waals surface area contributed by atoms with Gasteiger partial charge in [0, 0.05) is 12.0 Å². The average molecular weight is 236 g/mol. The van der Waals surface area contributed by atoms with Gasteiger partial charge in [0.2, 0.25) is 0 Å². The van der Waals surface area contributed by atoms with Crippen molar-refractivity contribution < 1.29 is 14.4 Å². The second-order valence-electron chi connectivity index (χ2n) is 5.13. The summed E-state index contributed by atoms with van der Waals surface area (Å²) in [6.45, 7) is 2.71. The van der Waals surface area contributed by atoms with Crippen molar-refractivity contribution in [2.24, 2.45) is 0 Å². The summed E-state index contributed by atoms with van der Waals surface area (Å²) in [7, 11) is 0. The standard InChI is InChI=1S/C12H16N2O3/c1-2-12(16)6-14(7-12)11(15)9-5-10(17-13-9)8-3-4-8/h5,8,16H,2-4,6-7H2,1H3. The molecule has 0 atom stereocenters. The number of aromatic nitrogens is 1. The first-order valence-electron chi connectivity index (χ1n) is 6.09. The van der Waals surface area contributed by atoms with Crippen LogP contribution in [0.5, 0.6) is 0 Å². The van der Waals surface area contributed by atoms with Crippen LogP contribution in [0.25, 0.3) is 0 Å². The highest BCUT2D eigenvalue weighted by atomic mass is 16.5. The Kier molecular flexibility index (Phi) is 2.26. The first-order valence-corrected chi connectivity index (χ1v) is 6.09. The summed E-state index contributed by atoms with van der Waals surface area (Å²) in [5.74, 6) is 1.14. The highest BCUT2D eigenvalue weighted by molar-refractivity contribution is 5.93. The number of rotatable bonds is 3. The molecule has 1 amide bonds. The molecule has 1 aromatic heterocycles. The number of β-amino-alcohol motifs (C(OH)–C–C–N with tert-alkyl or cyclic N) is 1. The first-order chi connectivity index (χ1) is 8.11. The minimum absolute atomic E-state index is 0.140. The average Bonchev–Trinajstić information content (AvgIpc) is 3.02. The third-order valence-electron chi connectivity index (χ3n) is 3.64. The molecule has 1 aliphatic heterocycles. The zero-order valence-electron chi connectivity index (χ0n) is 9.85. The number of hydrogen-bond donors (Lipinski definition) is 1. The van der Waals surface area contributed by atoms with Crippen LogP contribution in [0.4, 0.5) is 0 Å². The Balaban J connectivity index is 1.66. The molecule has 0 unspecified atom stereocenters. The van der Waals surface area contributed by atoms with E-state index < -0.39 is 5.60 Å². The van der Waals surface area contributed by atoms with Gasteiger partial charge in [-0.25, -0.2) is 0 Å². The van der Waals surface area contributed by atoms with Crippen LogP contribution in [0.2, 0.25) is 0 Å². The maximum atomic E-state index is 12.0. The van der Waals surface area contributed by atoms with Crippen LogP contribution >= 0.6 is 0 Å². The second kappa shape index (κ2) is 3.57. The topological polar surface area (TPSA) is 66.6 Å². The van der Waals surface area contributed by atoms with E-state index in [2.05, 4.69) is 5.16 Å². The van der Waals surface area contributed by atoms with Gasteiger partial charge >= 0.3 is 0 Å². The molecule has 1 aromatic rings. The smallest absolute Gasteiger partial charge is 0.276 e. The minimum atomic E-state index is -0.696. The van der Waals surface area contributed by atoms with E-state index in [-0.39, 0.29) is 5.91 Å². The van der Waals surface area contributed by atoms with Crippen LogP contribution in [0.3, 0.4) is 0 Å². The van der Waals surface area contributed by atoms with Crippen LogP contribution in [0.15, 0.2) is 10.6 Å². The van der Waals surface area contributed by atoms with Crippen LogP contribution in [-0.2, 0) is 0 Å². The normalized spacial score (nSPS) is 22.4. The zero-order valence-corrected chi connectivity index (χ0v) is 9.85. The molecule has 2 aliphatic rings. The first kappa shape index (κ1) is 10.8. The van der Waals surface area contributed by atoms with Gasteiger partial charge in [0.15, 0.2) is 5.69 Å². The molecular formula is C12H16N2O3. The molecule has 3 rings (SSSR count). The fourth-order valence-electron chi connectivity index (χ4n) is 2.14. The molecule has 2 fully saturated rings. The summed E-state index contributed by atoms with van der Waals surface area (Å²) < 4.78 is 5.15. The fraction of sp³-hybridized carbons (Fsp3) is 0.667. The lowest BCUT2D eigenvalue weighted by molar-refractivity contribution is -0.0829. The quantitative estimate of drug-likeness (QED) is 0.854. The molecule has 17 heavy (non-hydrogen) atoms. The molecule has 92 valence electrons. The SMILES string of the molecule is CCC1(O)CN(C(=O)c2cc(C3CC3)on2)C1. The molecule has 0 radical (unpaired) electrons. The van der Waals surface area contributed by atoms with E-state index in [4.69, 9.17) is 4.52 Å². The van der Waals surface area contributed by atoms with E-state index in [0.717, 1.165) is 18.6 Å². The van der Waals surface area contributed by atoms with Gasteiger partial charge in [0.1, 0.15) is 5.76 Å². The van der Waals surface area contributed by atoms with Gasteiger partial charge in [-0.15, -0.1) is 0 Å². The molecule has 2 heterocycles. The van der Waals surface area contributed by atoms with Crippen LogP contribution in [0, 0.1) is 0 Å². The van der Waals surface area contributed by atoms with Crippen molar-refractivity contribution >= 4 is 5.91 Å². The van der Waals surface area contributed by atoms with E-state index in [1.165, 1.54) is 0 Å². The second-order valence-corrected chi connectivity index (χ2v) is 5.13. The Morgan fingerprint density at radius 1 is 1.65 bits per heavy atom. The number of aliphatic hydroxyl groups is 1. The van der Waals surface area contributed by atoms with Crippen molar-refractivity contribution in [2.45, 2.75) is 37.7 Å². The molecule has 5 heteroatoms. The van der Waals surface area contributed by atoms with Crippen LogP contribution in [-0.4, -0.2) is 39.8 Å². The van der Waals surface area contributed by atoms with Gasteiger partial charge in [-0.1, -0.05) is 12.1 Å². The Hall–Kier alpha value is -1.36. The number of nitrogens with zero attached hydrogens (tertiary/aromatic N) is 2. The van der Waals surface area contributed by atoms with Gasteiger partial charge < -0.3 is 14.5 Å². The molecule has 1 aliphatic carbocycles. The molecule has 1 saturated heterocycles. The van der Waals surface area contributed by atoms with Crippen LogP contribution < -0.4 is 0 Å². The Morgan fingerprint density at radius 2 is 2.35 bits per heavy atom. The number of hydrogen-bond acceptors (Lipinski definition) is 4. The van der Waals surface area contributed by atoms with Crippen molar-refractivity contribution in [2.75, 3.05) is 13.1 Å². The zero-order chi connectivity index (χ0) is 12.0. The minimum Gasteiger partial charge on any atom is -0.386 e. The highest BCUT2D eigenvalue weighted by Gasteiger charge is 2.43. The molecule has 5 nitrogen and oxygen atoms in total. The predicted octanol–water partition coefficient (Wildman–Crippen LogP) is 1.15.